The average molecular weight is 299 g/mol. The van der Waals surface area contributed by atoms with Gasteiger partial charge in [0.05, 0.1) is 6.54 Å². The highest BCUT2D eigenvalue weighted by Gasteiger charge is 2.17. The van der Waals surface area contributed by atoms with Crippen LogP contribution in [0.1, 0.15) is 25.5 Å². The predicted octanol–water partition coefficient (Wildman–Crippen LogP) is 1.80. The zero-order valence-electron chi connectivity index (χ0n) is 12.2. The second kappa shape index (κ2) is 7.68. The third-order valence-electron chi connectivity index (χ3n) is 3.07. The maximum atomic E-state index is 13.2. The van der Waals surface area contributed by atoms with Gasteiger partial charge in [0.15, 0.2) is 11.6 Å². The van der Waals surface area contributed by atoms with Crippen molar-refractivity contribution in [3.63, 3.8) is 0 Å². The second-order valence-corrected chi connectivity index (χ2v) is 4.67. The summed E-state index contributed by atoms with van der Waals surface area (Å²) in [5.41, 5.74) is 0.544. The molecule has 0 aliphatic heterocycles. The van der Waals surface area contributed by atoms with Crippen LogP contribution in [0.3, 0.4) is 0 Å². The van der Waals surface area contributed by atoms with Crippen molar-refractivity contribution in [1.82, 2.24) is 15.5 Å². The fourth-order valence-electron chi connectivity index (χ4n) is 1.76. The summed E-state index contributed by atoms with van der Waals surface area (Å²) in [4.78, 5) is 24.5. The van der Waals surface area contributed by atoms with E-state index in [-0.39, 0.29) is 12.6 Å². The summed E-state index contributed by atoms with van der Waals surface area (Å²) >= 11 is 0. The quantitative estimate of drug-likeness (QED) is 0.871. The molecule has 0 saturated heterocycles. The van der Waals surface area contributed by atoms with Crippen LogP contribution in [0.5, 0.6) is 0 Å². The van der Waals surface area contributed by atoms with Crippen molar-refractivity contribution < 1.29 is 18.4 Å². The van der Waals surface area contributed by atoms with E-state index < -0.39 is 23.6 Å². The van der Waals surface area contributed by atoms with Crippen LogP contribution in [0.25, 0.3) is 0 Å². The Morgan fingerprint density at radius 1 is 1.29 bits per heavy atom. The predicted molar refractivity (Wildman–Crippen MR) is 74.6 cm³/mol. The van der Waals surface area contributed by atoms with Gasteiger partial charge in [0, 0.05) is 12.6 Å². The van der Waals surface area contributed by atoms with Gasteiger partial charge in [-0.1, -0.05) is 6.07 Å². The number of rotatable bonds is 5. The van der Waals surface area contributed by atoms with Crippen molar-refractivity contribution in [1.29, 1.82) is 0 Å². The Balaban J connectivity index is 2.61. The highest BCUT2D eigenvalue weighted by Crippen LogP contribution is 2.20. The minimum atomic E-state index is -0.931. The van der Waals surface area contributed by atoms with Gasteiger partial charge in [-0.05, 0) is 38.6 Å². The summed E-state index contributed by atoms with van der Waals surface area (Å²) < 4.78 is 26.1. The van der Waals surface area contributed by atoms with Crippen LogP contribution in [0.4, 0.5) is 13.6 Å². The largest absolute Gasteiger partial charge is 0.338 e. The molecule has 0 aliphatic carbocycles. The van der Waals surface area contributed by atoms with Crippen molar-refractivity contribution in [2.24, 2.45) is 0 Å². The molecule has 0 bridgehead atoms. The van der Waals surface area contributed by atoms with Gasteiger partial charge in [0.2, 0.25) is 5.91 Å². The number of hydrogen-bond donors (Lipinski definition) is 2. The van der Waals surface area contributed by atoms with Gasteiger partial charge in [0.25, 0.3) is 0 Å². The van der Waals surface area contributed by atoms with Gasteiger partial charge in [-0.25, -0.2) is 13.6 Å². The van der Waals surface area contributed by atoms with Crippen LogP contribution >= 0.6 is 0 Å². The van der Waals surface area contributed by atoms with Crippen LogP contribution < -0.4 is 10.6 Å². The Labute approximate surface area is 122 Å². The van der Waals surface area contributed by atoms with Gasteiger partial charge in [0.1, 0.15) is 0 Å². The number of benzene rings is 1. The van der Waals surface area contributed by atoms with Crippen molar-refractivity contribution >= 4 is 11.9 Å². The number of urea groups is 1. The minimum absolute atomic E-state index is 0.0443. The Morgan fingerprint density at radius 3 is 2.52 bits per heavy atom. The van der Waals surface area contributed by atoms with Crippen LogP contribution in [0.2, 0.25) is 0 Å². The van der Waals surface area contributed by atoms with Gasteiger partial charge in [-0.2, -0.15) is 0 Å². The topological polar surface area (TPSA) is 61.4 Å². The molecule has 0 aromatic heterocycles. The Hall–Kier alpha value is -2.02. The van der Waals surface area contributed by atoms with Crippen LogP contribution in [-0.2, 0) is 4.79 Å². The van der Waals surface area contributed by atoms with E-state index in [1.807, 2.05) is 0 Å². The minimum Gasteiger partial charge on any atom is -0.338 e. The van der Waals surface area contributed by atoms with E-state index in [0.717, 1.165) is 12.1 Å². The van der Waals surface area contributed by atoms with Crippen molar-refractivity contribution in [2.75, 3.05) is 20.1 Å². The van der Waals surface area contributed by atoms with E-state index in [1.165, 1.54) is 6.07 Å². The van der Waals surface area contributed by atoms with Crippen LogP contribution in [0, 0.1) is 11.6 Å². The molecular weight excluding hydrogens is 280 g/mol. The number of carbonyl (C=O) groups is 2. The zero-order chi connectivity index (χ0) is 16.0. The molecule has 0 fully saturated rings. The molecule has 3 amide bonds. The molecule has 0 saturated carbocycles. The van der Waals surface area contributed by atoms with E-state index in [4.69, 9.17) is 0 Å². The third kappa shape index (κ3) is 5.11. The maximum absolute atomic E-state index is 13.2. The first kappa shape index (κ1) is 17.0. The zero-order valence-corrected chi connectivity index (χ0v) is 12.2. The number of imide groups is 1. The average Bonchev–Trinajstić information content (AvgIpc) is 2.41. The Morgan fingerprint density at radius 2 is 1.95 bits per heavy atom. The first-order chi connectivity index (χ1) is 9.85. The molecule has 21 heavy (non-hydrogen) atoms. The number of halogens is 2. The molecule has 1 rings (SSSR count). The lowest BCUT2D eigenvalue weighted by atomic mass is 10.1. The summed E-state index contributed by atoms with van der Waals surface area (Å²) in [6.07, 6.45) is 0. The summed E-state index contributed by atoms with van der Waals surface area (Å²) in [5.74, 6) is -2.32. The molecule has 116 valence electrons. The third-order valence-corrected chi connectivity index (χ3v) is 3.07. The standard InChI is InChI=1S/C14H19F2N3O2/c1-4-17-14(21)18-13(20)8-19(3)9(2)10-5-6-11(15)12(16)7-10/h5-7,9H,4,8H2,1-3H3,(H2,17,18,20,21). The molecule has 1 unspecified atom stereocenters. The molecule has 5 nitrogen and oxygen atoms in total. The molecule has 1 atom stereocenters. The maximum Gasteiger partial charge on any atom is 0.321 e. The van der Waals surface area contributed by atoms with E-state index >= 15 is 0 Å². The normalized spacial score (nSPS) is 12.1. The molecule has 0 radical (unpaired) electrons. The van der Waals surface area contributed by atoms with E-state index in [2.05, 4.69) is 10.6 Å². The van der Waals surface area contributed by atoms with Gasteiger partial charge in [-0.3, -0.25) is 15.0 Å². The smallest absolute Gasteiger partial charge is 0.321 e. The lowest BCUT2D eigenvalue weighted by Gasteiger charge is -2.24. The van der Waals surface area contributed by atoms with Gasteiger partial charge >= 0.3 is 6.03 Å². The Bertz CT molecular complexity index is 523. The number of amides is 3. The van der Waals surface area contributed by atoms with Crippen LogP contribution in [-0.4, -0.2) is 37.0 Å². The van der Waals surface area contributed by atoms with Gasteiger partial charge < -0.3 is 5.32 Å². The SMILES string of the molecule is CCNC(=O)NC(=O)CN(C)C(C)c1ccc(F)c(F)c1. The number of nitrogens with one attached hydrogen (secondary N) is 2. The summed E-state index contributed by atoms with van der Waals surface area (Å²) in [5, 5.41) is 4.62. The van der Waals surface area contributed by atoms with Crippen LogP contribution in [0.15, 0.2) is 18.2 Å². The lowest BCUT2D eigenvalue weighted by molar-refractivity contribution is -0.121. The molecule has 1 aromatic carbocycles. The van der Waals surface area contributed by atoms with Crippen molar-refractivity contribution in [2.45, 2.75) is 19.9 Å². The number of hydrogen-bond acceptors (Lipinski definition) is 3. The van der Waals surface area contributed by atoms with Gasteiger partial charge in [-0.15, -0.1) is 0 Å². The number of likely N-dealkylation sites (N-methyl/N-ethyl adjacent to an activating group) is 1. The molecular formula is C14H19F2N3O2. The van der Waals surface area contributed by atoms with Crippen molar-refractivity contribution in [3.05, 3.63) is 35.4 Å². The molecule has 1 aromatic rings. The second-order valence-electron chi connectivity index (χ2n) is 4.67. The van der Waals surface area contributed by atoms with E-state index in [9.17, 15) is 18.4 Å². The molecule has 0 heterocycles. The fourth-order valence-corrected chi connectivity index (χ4v) is 1.76. The molecule has 0 spiro atoms. The number of nitrogens with zero attached hydrogens (tertiary/aromatic N) is 1. The monoisotopic (exact) mass is 299 g/mol. The summed E-state index contributed by atoms with van der Waals surface area (Å²) in [7, 11) is 1.66. The van der Waals surface area contributed by atoms with E-state index in [0.29, 0.717) is 12.1 Å². The Kier molecular flexibility index (Phi) is 6.23. The van der Waals surface area contributed by atoms with Crippen molar-refractivity contribution in [3.8, 4) is 0 Å². The first-order valence-electron chi connectivity index (χ1n) is 6.58. The summed E-state index contributed by atoms with van der Waals surface area (Å²) in [6.45, 7) is 3.87. The highest BCUT2D eigenvalue weighted by atomic mass is 19.2. The highest BCUT2D eigenvalue weighted by molar-refractivity contribution is 5.95. The molecule has 2 N–H and O–H groups in total. The lowest BCUT2D eigenvalue weighted by Crippen LogP contribution is -2.44. The molecule has 0 aliphatic rings. The number of carbonyl (C=O) groups excluding carboxylic acids is 2. The first-order valence-corrected chi connectivity index (χ1v) is 6.58. The van der Waals surface area contributed by atoms with E-state index in [1.54, 1.807) is 25.8 Å². The molecule has 7 heteroatoms. The summed E-state index contributed by atoms with van der Waals surface area (Å²) in [6, 6.07) is 2.74. The fraction of sp³-hybridized carbons (Fsp3) is 0.429.